The van der Waals surface area contributed by atoms with E-state index in [9.17, 15) is 4.79 Å². The van der Waals surface area contributed by atoms with E-state index in [2.05, 4.69) is 38.8 Å². The van der Waals surface area contributed by atoms with Gasteiger partial charge in [-0.3, -0.25) is 0 Å². The third kappa shape index (κ3) is 1.74. The van der Waals surface area contributed by atoms with Crippen LogP contribution < -0.4 is 0 Å². The van der Waals surface area contributed by atoms with Crippen molar-refractivity contribution in [3.8, 4) is 0 Å². The summed E-state index contributed by atoms with van der Waals surface area (Å²) in [6, 6.07) is 7.07. The van der Waals surface area contributed by atoms with Crippen LogP contribution in [0.3, 0.4) is 0 Å². The highest BCUT2D eigenvalue weighted by Crippen LogP contribution is 2.66. The van der Waals surface area contributed by atoms with Gasteiger partial charge in [-0.25, -0.2) is 4.79 Å². The number of hydrogen-bond donors (Lipinski definition) is 1. The number of benzene rings is 1. The molecule has 0 heterocycles. The average Bonchev–Trinajstić information content (AvgIpc) is 2.67. The standard InChI is InChI=1S/C11H10Br2O2/c1-10(6-11(10,12)13)8-4-2-7(3-5-8)9(14)15/h2-5H,6H2,1H3,(H,14,15). The maximum absolute atomic E-state index is 10.7. The monoisotopic (exact) mass is 332 g/mol. The van der Waals surface area contributed by atoms with Crippen LogP contribution in [0, 0.1) is 0 Å². The molecule has 0 radical (unpaired) electrons. The van der Waals surface area contributed by atoms with Gasteiger partial charge in [0.1, 0.15) is 0 Å². The van der Waals surface area contributed by atoms with Crippen molar-refractivity contribution in [1.82, 2.24) is 0 Å². The highest BCUT2D eigenvalue weighted by Gasteiger charge is 2.62. The fourth-order valence-corrected chi connectivity index (χ4v) is 3.27. The molecule has 4 heteroatoms. The second kappa shape index (κ2) is 3.32. The highest BCUT2D eigenvalue weighted by molar-refractivity contribution is 9.25. The van der Waals surface area contributed by atoms with E-state index in [-0.39, 0.29) is 8.65 Å². The number of halogens is 2. The van der Waals surface area contributed by atoms with Gasteiger partial charge < -0.3 is 5.11 Å². The van der Waals surface area contributed by atoms with E-state index in [1.807, 2.05) is 12.1 Å². The number of hydrogen-bond acceptors (Lipinski definition) is 1. The minimum absolute atomic E-state index is 0.0300. The fraction of sp³-hybridized carbons (Fsp3) is 0.364. The Balaban J connectivity index is 2.30. The molecular weight excluding hydrogens is 324 g/mol. The van der Waals surface area contributed by atoms with Crippen LogP contribution in [-0.4, -0.2) is 14.3 Å². The maximum Gasteiger partial charge on any atom is 0.335 e. The molecule has 1 aromatic rings. The third-order valence-corrected chi connectivity index (χ3v) is 5.34. The van der Waals surface area contributed by atoms with Crippen molar-refractivity contribution in [3.05, 3.63) is 35.4 Å². The second-order valence-electron chi connectivity index (χ2n) is 4.10. The molecule has 0 saturated heterocycles. The Morgan fingerprint density at radius 3 is 2.13 bits per heavy atom. The molecular formula is C11H10Br2O2. The second-order valence-corrected chi connectivity index (χ2v) is 7.87. The predicted octanol–water partition coefficient (Wildman–Crippen LogP) is 3.53. The molecule has 2 nitrogen and oxygen atoms in total. The minimum Gasteiger partial charge on any atom is -0.478 e. The largest absolute Gasteiger partial charge is 0.478 e. The maximum atomic E-state index is 10.7. The van der Waals surface area contributed by atoms with Crippen LogP contribution in [-0.2, 0) is 5.41 Å². The summed E-state index contributed by atoms with van der Waals surface area (Å²) >= 11 is 7.19. The van der Waals surface area contributed by atoms with Crippen molar-refractivity contribution in [3.63, 3.8) is 0 Å². The quantitative estimate of drug-likeness (QED) is 0.840. The first kappa shape index (κ1) is 11.1. The molecule has 1 fully saturated rings. The lowest BCUT2D eigenvalue weighted by atomic mass is 9.97. The molecule has 80 valence electrons. The van der Waals surface area contributed by atoms with Crippen LogP contribution in [0.4, 0.5) is 0 Å². The van der Waals surface area contributed by atoms with Crippen LogP contribution in [0.1, 0.15) is 29.3 Å². The summed E-state index contributed by atoms with van der Waals surface area (Å²) in [6.07, 6.45) is 1.01. The van der Waals surface area contributed by atoms with Crippen molar-refractivity contribution in [2.24, 2.45) is 0 Å². The Morgan fingerprint density at radius 1 is 1.33 bits per heavy atom. The normalized spacial score (nSPS) is 27.4. The molecule has 1 N–H and O–H groups in total. The van der Waals surface area contributed by atoms with E-state index in [0.717, 1.165) is 12.0 Å². The molecule has 0 bridgehead atoms. The third-order valence-electron chi connectivity index (χ3n) is 3.03. The van der Waals surface area contributed by atoms with Crippen LogP contribution in [0.5, 0.6) is 0 Å². The molecule has 1 unspecified atom stereocenters. The Labute approximate surface area is 105 Å². The first-order valence-corrected chi connectivity index (χ1v) is 6.17. The number of alkyl halides is 2. The van der Waals surface area contributed by atoms with Crippen molar-refractivity contribution >= 4 is 37.8 Å². The van der Waals surface area contributed by atoms with Crippen LogP contribution in [0.2, 0.25) is 0 Å². The SMILES string of the molecule is CC1(c2ccc(C(=O)O)cc2)CC1(Br)Br. The first-order valence-electron chi connectivity index (χ1n) is 4.58. The molecule has 1 atom stereocenters. The van der Waals surface area contributed by atoms with Gasteiger partial charge in [0.15, 0.2) is 0 Å². The van der Waals surface area contributed by atoms with E-state index >= 15 is 0 Å². The van der Waals surface area contributed by atoms with Crippen molar-refractivity contribution in [2.45, 2.75) is 22.0 Å². The number of carbonyl (C=O) groups is 1. The Morgan fingerprint density at radius 2 is 1.80 bits per heavy atom. The first-order chi connectivity index (χ1) is 6.87. The van der Waals surface area contributed by atoms with Crippen molar-refractivity contribution < 1.29 is 9.90 Å². The summed E-state index contributed by atoms with van der Waals surface area (Å²) in [5.74, 6) is -0.883. The van der Waals surface area contributed by atoms with E-state index < -0.39 is 5.97 Å². The van der Waals surface area contributed by atoms with Gasteiger partial charge in [-0.1, -0.05) is 50.9 Å². The predicted molar refractivity (Wildman–Crippen MR) is 66.0 cm³/mol. The highest BCUT2D eigenvalue weighted by atomic mass is 79.9. The van der Waals surface area contributed by atoms with E-state index in [1.165, 1.54) is 0 Å². The van der Waals surface area contributed by atoms with Crippen molar-refractivity contribution in [2.75, 3.05) is 0 Å². The molecule has 1 aromatic carbocycles. The number of aromatic carboxylic acids is 1. The minimum atomic E-state index is -0.883. The molecule has 0 aromatic heterocycles. The zero-order valence-corrected chi connectivity index (χ0v) is 11.3. The molecule has 1 aliphatic rings. The molecule has 0 spiro atoms. The number of carboxylic acid groups (broad SMARTS) is 1. The van der Waals surface area contributed by atoms with Gasteiger partial charge in [0.2, 0.25) is 0 Å². The van der Waals surface area contributed by atoms with Gasteiger partial charge >= 0.3 is 5.97 Å². The molecule has 1 aliphatic carbocycles. The van der Waals surface area contributed by atoms with Gasteiger partial charge in [0.25, 0.3) is 0 Å². The van der Waals surface area contributed by atoms with Crippen molar-refractivity contribution in [1.29, 1.82) is 0 Å². The van der Waals surface area contributed by atoms with Gasteiger partial charge in [-0.2, -0.15) is 0 Å². The van der Waals surface area contributed by atoms with Gasteiger partial charge in [0.05, 0.1) is 8.80 Å². The Kier molecular flexibility index (Phi) is 2.47. The van der Waals surface area contributed by atoms with Crippen LogP contribution in [0.25, 0.3) is 0 Å². The summed E-state index contributed by atoms with van der Waals surface area (Å²) in [6.45, 7) is 2.15. The van der Waals surface area contributed by atoms with E-state index in [0.29, 0.717) is 5.56 Å². The summed E-state index contributed by atoms with van der Waals surface area (Å²) in [7, 11) is 0. The fourth-order valence-electron chi connectivity index (χ4n) is 1.69. The molecule has 15 heavy (non-hydrogen) atoms. The zero-order valence-electron chi connectivity index (χ0n) is 8.13. The molecule has 0 aliphatic heterocycles. The smallest absolute Gasteiger partial charge is 0.335 e. The lowest BCUT2D eigenvalue weighted by Crippen LogP contribution is -2.09. The molecule has 1 saturated carbocycles. The average molecular weight is 334 g/mol. The topological polar surface area (TPSA) is 37.3 Å². The summed E-state index contributed by atoms with van der Waals surface area (Å²) in [5, 5.41) is 8.78. The summed E-state index contributed by atoms with van der Waals surface area (Å²) in [4.78, 5) is 10.7. The van der Waals surface area contributed by atoms with Crippen LogP contribution >= 0.6 is 31.9 Å². The van der Waals surface area contributed by atoms with E-state index in [4.69, 9.17) is 5.11 Å². The van der Waals surface area contributed by atoms with Gasteiger partial charge in [-0.15, -0.1) is 0 Å². The zero-order chi connectivity index (χ0) is 11.3. The summed E-state index contributed by atoms with van der Waals surface area (Å²) < 4.78 is -0.0300. The number of rotatable bonds is 2. The molecule has 0 amide bonds. The van der Waals surface area contributed by atoms with Gasteiger partial charge in [-0.05, 0) is 24.1 Å². The molecule has 2 rings (SSSR count). The number of carboxylic acids is 1. The Hall–Kier alpha value is -0.350. The lowest BCUT2D eigenvalue weighted by Gasteiger charge is -2.12. The lowest BCUT2D eigenvalue weighted by molar-refractivity contribution is 0.0697. The van der Waals surface area contributed by atoms with E-state index in [1.54, 1.807) is 12.1 Å². The van der Waals surface area contributed by atoms with Crippen LogP contribution in [0.15, 0.2) is 24.3 Å². The Bertz CT molecular complexity index is 411. The summed E-state index contributed by atoms with van der Waals surface area (Å²) in [5.41, 5.74) is 1.54. The van der Waals surface area contributed by atoms with Gasteiger partial charge in [0, 0.05) is 5.41 Å².